The first-order chi connectivity index (χ1) is 8.38. The molecule has 2 rings (SSSR count). The van der Waals surface area contributed by atoms with E-state index in [1.54, 1.807) is 19.8 Å². The molecule has 0 amide bonds. The monoisotopic (exact) mass is 281 g/mol. The molecule has 0 radical (unpaired) electrons. The van der Waals surface area contributed by atoms with Crippen LogP contribution >= 0.6 is 0 Å². The molecule has 2 heteroatoms. The SMILES string of the molecule is C=[C-]C.[CH-]1CCC(C2CCCCC2)CC1.[O]=[Co]. The quantitative estimate of drug-likeness (QED) is 0.629. The van der Waals surface area contributed by atoms with Gasteiger partial charge in [0.15, 0.2) is 0 Å². The first-order valence-corrected chi connectivity index (χ1v) is 7.20. The van der Waals surface area contributed by atoms with Crippen LogP contribution in [0.25, 0.3) is 0 Å². The van der Waals surface area contributed by atoms with Crippen LogP contribution < -0.4 is 0 Å². The molecule has 0 unspecified atom stereocenters. The Labute approximate surface area is 115 Å². The van der Waals surface area contributed by atoms with Crippen molar-refractivity contribution in [2.45, 2.75) is 64.7 Å². The van der Waals surface area contributed by atoms with E-state index in [2.05, 4.69) is 34.7 Å². The van der Waals surface area contributed by atoms with Crippen LogP contribution in [0.3, 0.4) is 0 Å². The van der Waals surface area contributed by atoms with Crippen LogP contribution in [0.1, 0.15) is 64.7 Å². The third-order valence-electron chi connectivity index (χ3n) is 3.80. The maximum atomic E-state index is 7.94. The second kappa shape index (κ2) is 12.5. The average Bonchev–Trinajstić information content (AvgIpc) is 2.44. The van der Waals surface area contributed by atoms with Gasteiger partial charge in [-0.25, -0.2) is 0 Å². The number of allylic oxidation sites excluding steroid dienone is 1. The van der Waals surface area contributed by atoms with Crippen LogP contribution in [0.2, 0.25) is 0 Å². The van der Waals surface area contributed by atoms with Crippen LogP contribution in [-0.4, -0.2) is 0 Å². The Balaban J connectivity index is 0.000000450. The summed E-state index contributed by atoms with van der Waals surface area (Å²) in [4.78, 5) is 0. The summed E-state index contributed by atoms with van der Waals surface area (Å²) in [5.74, 6) is 2.22. The molecule has 0 saturated heterocycles. The minimum absolute atomic E-state index is 1.11. The van der Waals surface area contributed by atoms with E-state index >= 15 is 0 Å². The third-order valence-corrected chi connectivity index (χ3v) is 3.80. The van der Waals surface area contributed by atoms with E-state index in [9.17, 15) is 0 Å². The van der Waals surface area contributed by atoms with E-state index in [0.717, 1.165) is 11.8 Å². The predicted molar refractivity (Wildman–Crippen MR) is 68.1 cm³/mol. The summed E-state index contributed by atoms with van der Waals surface area (Å²) < 4.78 is 7.94. The summed E-state index contributed by atoms with van der Waals surface area (Å²) in [6.07, 6.45) is 18.4. The van der Waals surface area contributed by atoms with Crippen LogP contribution in [0.4, 0.5) is 0 Å². The fraction of sp³-hybridized carbons (Fsp3) is 0.800. The Morgan fingerprint density at radius 1 is 1.00 bits per heavy atom. The molecule has 0 aromatic carbocycles. The zero-order valence-electron chi connectivity index (χ0n) is 11.0. The third kappa shape index (κ3) is 7.88. The van der Waals surface area contributed by atoms with Crippen molar-refractivity contribution < 1.29 is 19.5 Å². The number of rotatable bonds is 1. The fourth-order valence-electron chi connectivity index (χ4n) is 3.03. The Hall–Kier alpha value is 0.0465. The number of hydrogen-bond acceptors (Lipinski definition) is 1. The van der Waals surface area contributed by atoms with Gasteiger partial charge in [0.05, 0.1) is 0 Å². The molecule has 0 aromatic heterocycles. The van der Waals surface area contributed by atoms with Crippen molar-refractivity contribution in [3.8, 4) is 0 Å². The van der Waals surface area contributed by atoms with E-state index in [-0.39, 0.29) is 0 Å². The molecule has 0 heterocycles. The molecule has 17 heavy (non-hydrogen) atoms. The molecule has 2 saturated carbocycles. The van der Waals surface area contributed by atoms with Crippen molar-refractivity contribution in [1.82, 2.24) is 0 Å². The zero-order chi connectivity index (χ0) is 12.9. The Kier molecular flexibility index (Phi) is 12.5. The molecule has 0 N–H and O–H groups in total. The van der Waals surface area contributed by atoms with Crippen LogP contribution in [-0.2, 0) is 19.5 Å². The first kappa shape index (κ1) is 17.0. The summed E-state index contributed by atoms with van der Waals surface area (Å²) in [5, 5.41) is 0. The Bertz CT molecular complexity index is 154. The van der Waals surface area contributed by atoms with Crippen LogP contribution in [0.5, 0.6) is 0 Å². The fourth-order valence-corrected chi connectivity index (χ4v) is 3.03. The molecular weight excluding hydrogens is 255 g/mol. The summed E-state index contributed by atoms with van der Waals surface area (Å²) >= 11 is 2.31. The molecule has 103 valence electrons. The molecule has 0 bridgehead atoms. The molecular formula is C15H26CoO-2. The van der Waals surface area contributed by atoms with Gasteiger partial charge in [-0.3, -0.25) is 6.58 Å². The molecule has 1 nitrogen and oxygen atoms in total. The standard InChI is InChI=1S/C12H21.C3H5.Co.O/c1-3-7-11(8-4-1)12-9-5-2-6-10-12;1-3-2;;/h1,11-12H,2-10H2;1H2,2H3;;/q2*-1;;. The molecule has 0 aromatic rings. The van der Waals surface area contributed by atoms with E-state index in [0.29, 0.717) is 0 Å². The summed E-state index contributed by atoms with van der Waals surface area (Å²) in [5.41, 5.74) is 0. The van der Waals surface area contributed by atoms with Crippen LogP contribution in [0, 0.1) is 24.3 Å². The van der Waals surface area contributed by atoms with Crippen molar-refractivity contribution in [2.24, 2.45) is 11.8 Å². The summed E-state index contributed by atoms with van der Waals surface area (Å²) in [6.45, 7) is 5.00. The van der Waals surface area contributed by atoms with Gasteiger partial charge in [-0.15, -0.1) is 0 Å². The second-order valence-corrected chi connectivity index (χ2v) is 4.96. The predicted octanol–water partition coefficient (Wildman–Crippen LogP) is 4.84. The zero-order valence-corrected chi connectivity index (χ0v) is 12.1. The van der Waals surface area contributed by atoms with Crippen molar-refractivity contribution in [3.63, 3.8) is 0 Å². The Morgan fingerprint density at radius 2 is 1.41 bits per heavy atom. The van der Waals surface area contributed by atoms with Gasteiger partial charge in [0, 0.05) is 0 Å². The van der Waals surface area contributed by atoms with Gasteiger partial charge >= 0.3 is 19.5 Å². The first-order valence-electron chi connectivity index (χ1n) is 6.77. The molecule has 2 fully saturated rings. The van der Waals surface area contributed by atoms with E-state index in [1.807, 2.05) is 0 Å². The summed E-state index contributed by atoms with van der Waals surface area (Å²) in [6, 6.07) is 0. The van der Waals surface area contributed by atoms with Gasteiger partial charge in [-0.2, -0.15) is 19.8 Å². The molecule has 0 aliphatic heterocycles. The van der Waals surface area contributed by atoms with Gasteiger partial charge in [0.1, 0.15) is 0 Å². The Morgan fingerprint density at radius 3 is 1.88 bits per heavy atom. The van der Waals surface area contributed by atoms with Crippen molar-refractivity contribution in [2.75, 3.05) is 0 Å². The van der Waals surface area contributed by atoms with E-state index < -0.39 is 0 Å². The van der Waals surface area contributed by atoms with Gasteiger partial charge in [-0.05, 0) is 11.8 Å². The molecule has 0 atom stereocenters. The van der Waals surface area contributed by atoms with Crippen LogP contribution in [0.15, 0.2) is 6.58 Å². The molecule has 2 aliphatic carbocycles. The average molecular weight is 281 g/mol. The van der Waals surface area contributed by atoms with Gasteiger partial charge < -0.3 is 12.5 Å². The molecule has 2 aliphatic rings. The maximum absolute atomic E-state index is 7.94. The normalized spacial score (nSPS) is 21.5. The van der Waals surface area contributed by atoms with E-state index in [4.69, 9.17) is 3.87 Å². The van der Waals surface area contributed by atoms with Gasteiger partial charge in [0.25, 0.3) is 0 Å². The number of hydrogen-bond donors (Lipinski definition) is 0. The second-order valence-electron chi connectivity index (χ2n) is 4.96. The van der Waals surface area contributed by atoms with Crippen molar-refractivity contribution in [3.05, 3.63) is 19.1 Å². The van der Waals surface area contributed by atoms with E-state index in [1.165, 1.54) is 44.9 Å². The minimum atomic E-state index is 1.11. The van der Waals surface area contributed by atoms with Crippen molar-refractivity contribution >= 4 is 0 Å². The summed E-state index contributed by atoms with van der Waals surface area (Å²) in [7, 11) is 0. The van der Waals surface area contributed by atoms with Gasteiger partial charge in [0.2, 0.25) is 0 Å². The topological polar surface area (TPSA) is 17.1 Å². The van der Waals surface area contributed by atoms with Gasteiger partial charge in [-0.1, -0.05) is 44.9 Å². The van der Waals surface area contributed by atoms with Crippen molar-refractivity contribution in [1.29, 1.82) is 0 Å². The molecule has 0 spiro atoms.